The fourth-order valence-corrected chi connectivity index (χ4v) is 3.14. The quantitative estimate of drug-likeness (QED) is 0.898. The molecule has 2 saturated heterocycles. The van der Waals surface area contributed by atoms with Crippen molar-refractivity contribution in [1.82, 2.24) is 9.80 Å². The Labute approximate surface area is 140 Å². The summed E-state index contributed by atoms with van der Waals surface area (Å²) in [6, 6.07) is 5.40. The van der Waals surface area contributed by atoms with Crippen LogP contribution in [0.15, 0.2) is 24.3 Å². The second-order valence-electron chi connectivity index (χ2n) is 6.16. The molecule has 0 saturated carbocycles. The largest absolute Gasteiger partial charge is 0.378 e. The van der Waals surface area contributed by atoms with E-state index in [9.17, 15) is 14.0 Å². The number of carbonyl (C=O) groups excluding carboxylic acids is 2. The number of nitrogens with zero attached hydrogens (tertiary/aromatic N) is 2. The molecule has 0 spiro atoms. The molecule has 1 unspecified atom stereocenters. The Balaban J connectivity index is 1.57. The van der Waals surface area contributed by atoms with Crippen LogP contribution in [0.4, 0.5) is 14.9 Å². The number of piperidine rings is 1. The van der Waals surface area contributed by atoms with E-state index in [1.807, 2.05) is 4.90 Å². The summed E-state index contributed by atoms with van der Waals surface area (Å²) >= 11 is 0. The van der Waals surface area contributed by atoms with Gasteiger partial charge in [-0.1, -0.05) is 0 Å². The number of nitrogens with one attached hydrogen (secondary N) is 1. The molecular weight excluding hydrogens is 313 g/mol. The van der Waals surface area contributed by atoms with Crippen molar-refractivity contribution in [2.75, 3.05) is 44.7 Å². The Hall–Kier alpha value is -2.15. The zero-order valence-corrected chi connectivity index (χ0v) is 13.5. The fourth-order valence-electron chi connectivity index (χ4n) is 3.14. The molecule has 0 aromatic heterocycles. The average molecular weight is 335 g/mol. The van der Waals surface area contributed by atoms with Gasteiger partial charge in [0, 0.05) is 31.9 Å². The van der Waals surface area contributed by atoms with Crippen molar-refractivity contribution < 1.29 is 18.7 Å². The lowest BCUT2D eigenvalue weighted by atomic mass is 9.96. The van der Waals surface area contributed by atoms with E-state index in [4.69, 9.17) is 4.74 Å². The van der Waals surface area contributed by atoms with Gasteiger partial charge in [-0.3, -0.25) is 4.79 Å². The van der Waals surface area contributed by atoms with Gasteiger partial charge >= 0.3 is 6.03 Å². The van der Waals surface area contributed by atoms with E-state index in [1.165, 1.54) is 24.3 Å². The predicted octanol–water partition coefficient (Wildman–Crippen LogP) is 1.93. The second kappa shape index (κ2) is 7.61. The molecule has 1 aromatic rings. The first kappa shape index (κ1) is 16.7. The van der Waals surface area contributed by atoms with E-state index < -0.39 is 0 Å². The summed E-state index contributed by atoms with van der Waals surface area (Å²) in [6.45, 7) is 3.44. The Morgan fingerprint density at radius 3 is 2.50 bits per heavy atom. The van der Waals surface area contributed by atoms with Gasteiger partial charge in [0.25, 0.3) is 0 Å². The molecule has 0 bridgehead atoms. The van der Waals surface area contributed by atoms with Crippen molar-refractivity contribution in [2.24, 2.45) is 5.92 Å². The van der Waals surface area contributed by atoms with Gasteiger partial charge < -0.3 is 19.9 Å². The zero-order chi connectivity index (χ0) is 16.9. The monoisotopic (exact) mass is 335 g/mol. The van der Waals surface area contributed by atoms with Gasteiger partial charge in [0.2, 0.25) is 5.91 Å². The molecule has 7 heteroatoms. The third-order valence-corrected chi connectivity index (χ3v) is 4.48. The molecule has 2 heterocycles. The van der Waals surface area contributed by atoms with E-state index in [2.05, 4.69) is 5.32 Å². The van der Waals surface area contributed by atoms with Crippen molar-refractivity contribution in [3.8, 4) is 0 Å². The molecular formula is C17H22FN3O3. The van der Waals surface area contributed by atoms with E-state index in [0.717, 1.165) is 12.8 Å². The van der Waals surface area contributed by atoms with Crippen LogP contribution in [0.2, 0.25) is 0 Å². The topological polar surface area (TPSA) is 61.9 Å². The number of likely N-dealkylation sites (tertiary alicyclic amines) is 1. The van der Waals surface area contributed by atoms with Gasteiger partial charge in [0.05, 0.1) is 19.1 Å². The summed E-state index contributed by atoms with van der Waals surface area (Å²) in [6.07, 6.45) is 1.61. The van der Waals surface area contributed by atoms with Crippen molar-refractivity contribution in [3.63, 3.8) is 0 Å². The van der Waals surface area contributed by atoms with Crippen LogP contribution in [-0.4, -0.2) is 61.1 Å². The SMILES string of the molecule is O=C(Nc1ccc(F)cc1)N1CCCC(C(=O)N2CCOCC2)C1. The minimum atomic E-state index is -0.345. The van der Waals surface area contributed by atoms with E-state index in [0.29, 0.717) is 45.1 Å². The number of hydrogen-bond donors (Lipinski definition) is 1. The lowest BCUT2D eigenvalue weighted by Gasteiger charge is -2.36. The number of rotatable bonds is 2. The summed E-state index contributed by atoms with van der Waals surface area (Å²) in [7, 11) is 0. The predicted molar refractivity (Wildman–Crippen MR) is 87.1 cm³/mol. The maximum absolute atomic E-state index is 12.9. The Morgan fingerprint density at radius 1 is 1.08 bits per heavy atom. The van der Waals surface area contributed by atoms with Crippen LogP contribution in [0.25, 0.3) is 0 Å². The molecule has 0 aliphatic carbocycles. The van der Waals surface area contributed by atoms with E-state index in [1.54, 1.807) is 4.90 Å². The minimum absolute atomic E-state index is 0.109. The van der Waals surface area contributed by atoms with E-state index >= 15 is 0 Å². The van der Waals surface area contributed by atoms with Gasteiger partial charge in [0.15, 0.2) is 0 Å². The Kier molecular flexibility index (Phi) is 5.30. The van der Waals surface area contributed by atoms with Crippen LogP contribution < -0.4 is 5.32 Å². The molecule has 24 heavy (non-hydrogen) atoms. The Bertz CT molecular complexity index is 587. The number of benzene rings is 1. The van der Waals surface area contributed by atoms with Crippen molar-refractivity contribution >= 4 is 17.6 Å². The minimum Gasteiger partial charge on any atom is -0.378 e. The molecule has 1 aromatic carbocycles. The summed E-state index contributed by atoms with van der Waals surface area (Å²) < 4.78 is 18.2. The molecule has 1 atom stereocenters. The Morgan fingerprint density at radius 2 is 1.79 bits per heavy atom. The van der Waals surface area contributed by atoms with Crippen LogP contribution in [0, 0.1) is 11.7 Å². The number of morpholine rings is 1. The first-order valence-corrected chi connectivity index (χ1v) is 8.31. The van der Waals surface area contributed by atoms with Gasteiger partial charge in [-0.15, -0.1) is 0 Å². The van der Waals surface area contributed by atoms with Gasteiger partial charge in [-0.25, -0.2) is 9.18 Å². The maximum atomic E-state index is 12.9. The van der Waals surface area contributed by atoms with Crippen molar-refractivity contribution in [3.05, 3.63) is 30.1 Å². The van der Waals surface area contributed by atoms with Crippen molar-refractivity contribution in [1.29, 1.82) is 0 Å². The summed E-state index contributed by atoms with van der Waals surface area (Å²) in [5.74, 6) is -0.393. The average Bonchev–Trinajstić information content (AvgIpc) is 2.64. The van der Waals surface area contributed by atoms with Crippen molar-refractivity contribution in [2.45, 2.75) is 12.8 Å². The highest BCUT2D eigenvalue weighted by molar-refractivity contribution is 5.90. The van der Waals surface area contributed by atoms with Crippen LogP contribution in [0.1, 0.15) is 12.8 Å². The number of carbonyl (C=O) groups is 2. The van der Waals surface area contributed by atoms with Crippen LogP contribution >= 0.6 is 0 Å². The molecule has 3 amide bonds. The smallest absolute Gasteiger partial charge is 0.321 e. The number of urea groups is 1. The number of halogens is 1. The molecule has 0 radical (unpaired) electrons. The van der Waals surface area contributed by atoms with Crippen LogP contribution in [-0.2, 0) is 9.53 Å². The lowest BCUT2D eigenvalue weighted by Crippen LogP contribution is -2.50. The highest BCUT2D eigenvalue weighted by atomic mass is 19.1. The molecule has 130 valence electrons. The fraction of sp³-hybridized carbons (Fsp3) is 0.529. The molecule has 2 aliphatic rings. The third-order valence-electron chi connectivity index (χ3n) is 4.48. The molecule has 2 aliphatic heterocycles. The molecule has 6 nitrogen and oxygen atoms in total. The third kappa shape index (κ3) is 4.03. The van der Waals surface area contributed by atoms with E-state index in [-0.39, 0.29) is 23.7 Å². The first-order valence-electron chi connectivity index (χ1n) is 8.31. The highest BCUT2D eigenvalue weighted by Gasteiger charge is 2.31. The van der Waals surface area contributed by atoms with Crippen LogP contribution in [0.3, 0.4) is 0 Å². The summed E-state index contributed by atoms with van der Waals surface area (Å²) in [5, 5.41) is 2.75. The molecule has 2 fully saturated rings. The van der Waals surface area contributed by atoms with Gasteiger partial charge in [-0.05, 0) is 37.1 Å². The van der Waals surface area contributed by atoms with Gasteiger partial charge in [0.1, 0.15) is 5.82 Å². The number of hydrogen-bond acceptors (Lipinski definition) is 3. The lowest BCUT2D eigenvalue weighted by molar-refractivity contribution is -0.141. The highest BCUT2D eigenvalue weighted by Crippen LogP contribution is 2.20. The number of ether oxygens (including phenoxy) is 1. The zero-order valence-electron chi connectivity index (χ0n) is 13.5. The first-order chi connectivity index (χ1) is 11.6. The number of amides is 3. The molecule has 3 rings (SSSR count). The maximum Gasteiger partial charge on any atom is 0.321 e. The normalized spacial score (nSPS) is 21.5. The summed E-state index contributed by atoms with van der Waals surface area (Å²) in [5.41, 5.74) is 0.544. The second-order valence-corrected chi connectivity index (χ2v) is 6.16. The molecule has 1 N–H and O–H groups in total. The number of anilines is 1. The standard InChI is InChI=1S/C17H22FN3O3/c18-14-3-5-15(6-4-14)19-17(23)21-7-1-2-13(12-21)16(22)20-8-10-24-11-9-20/h3-6,13H,1-2,7-12H2,(H,19,23). The summed E-state index contributed by atoms with van der Waals surface area (Å²) in [4.78, 5) is 28.5. The van der Waals surface area contributed by atoms with Crippen LogP contribution in [0.5, 0.6) is 0 Å². The van der Waals surface area contributed by atoms with Gasteiger partial charge in [-0.2, -0.15) is 0 Å².